The first-order chi connectivity index (χ1) is 11.6. The van der Waals surface area contributed by atoms with E-state index in [1.807, 2.05) is 36.1 Å². The summed E-state index contributed by atoms with van der Waals surface area (Å²) in [4.78, 5) is 17.5. The van der Waals surface area contributed by atoms with Crippen LogP contribution < -0.4 is 4.90 Å². The highest BCUT2D eigenvalue weighted by atomic mass is 19.3. The van der Waals surface area contributed by atoms with E-state index >= 15 is 0 Å². The zero-order chi connectivity index (χ0) is 16.7. The molecule has 4 rings (SSSR count). The zero-order valence-electron chi connectivity index (χ0n) is 13.4. The SMILES string of the molecule is Cc1nc(-c2ccccn2)cc(N2C[C@@H]3C[C@H]2CN3CC(F)F)n1. The average Bonchev–Trinajstić information content (AvgIpc) is 3.14. The monoisotopic (exact) mass is 331 g/mol. The first-order valence-corrected chi connectivity index (χ1v) is 8.16. The molecule has 0 aliphatic carbocycles. The molecular weight excluding hydrogens is 312 g/mol. The number of anilines is 1. The second-order valence-corrected chi connectivity index (χ2v) is 6.41. The van der Waals surface area contributed by atoms with E-state index in [1.54, 1.807) is 6.20 Å². The lowest BCUT2D eigenvalue weighted by Crippen LogP contribution is -2.48. The minimum Gasteiger partial charge on any atom is -0.351 e. The number of likely N-dealkylation sites (tertiary alicyclic amines) is 1. The quantitative estimate of drug-likeness (QED) is 0.861. The topological polar surface area (TPSA) is 45.2 Å². The largest absolute Gasteiger partial charge is 0.351 e. The lowest BCUT2D eigenvalue weighted by Gasteiger charge is -2.34. The van der Waals surface area contributed by atoms with Gasteiger partial charge in [-0.25, -0.2) is 18.7 Å². The van der Waals surface area contributed by atoms with Gasteiger partial charge in [-0.05, 0) is 25.5 Å². The highest BCUT2D eigenvalue weighted by Gasteiger charge is 2.44. The molecule has 4 heterocycles. The molecule has 5 nitrogen and oxygen atoms in total. The summed E-state index contributed by atoms with van der Waals surface area (Å²) in [7, 11) is 0. The molecule has 0 unspecified atom stereocenters. The number of hydrogen-bond acceptors (Lipinski definition) is 5. The molecule has 2 aromatic heterocycles. The predicted molar refractivity (Wildman–Crippen MR) is 87.1 cm³/mol. The number of fused-ring (bicyclic) bond motifs is 2. The average molecular weight is 331 g/mol. The van der Waals surface area contributed by atoms with Gasteiger partial charge in [0.2, 0.25) is 0 Å². The van der Waals surface area contributed by atoms with Crippen LogP contribution in [0.1, 0.15) is 12.2 Å². The molecule has 2 saturated heterocycles. The van der Waals surface area contributed by atoms with E-state index in [4.69, 9.17) is 0 Å². The Kier molecular flexibility index (Phi) is 3.88. The molecule has 0 saturated carbocycles. The molecule has 2 fully saturated rings. The van der Waals surface area contributed by atoms with Gasteiger partial charge in [-0.1, -0.05) is 6.07 Å². The van der Waals surface area contributed by atoms with Crippen molar-refractivity contribution >= 4 is 5.82 Å². The number of rotatable bonds is 4. The Balaban J connectivity index is 1.57. The molecule has 24 heavy (non-hydrogen) atoms. The summed E-state index contributed by atoms with van der Waals surface area (Å²) in [6, 6.07) is 8.12. The van der Waals surface area contributed by atoms with Gasteiger partial charge >= 0.3 is 0 Å². The van der Waals surface area contributed by atoms with Crippen molar-refractivity contribution in [1.82, 2.24) is 19.9 Å². The highest BCUT2D eigenvalue weighted by molar-refractivity contribution is 5.60. The van der Waals surface area contributed by atoms with E-state index in [0.29, 0.717) is 12.4 Å². The van der Waals surface area contributed by atoms with Gasteiger partial charge in [-0.2, -0.15) is 0 Å². The van der Waals surface area contributed by atoms with Crippen molar-refractivity contribution < 1.29 is 8.78 Å². The van der Waals surface area contributed by atoms with E-state index in [1.165, 1.54) is 0 Å². The number of halogens is 2. The van der Waals surface area contributed by atoms with Crippen LogP contribution >= 0.6 is 0 Å². The molecule has 2 aliphatic rings. The standard InChI is InChI=1S/C17H19F2N5/c1-11-21-15(14-4-2-3-5-20-14)7-17(22-11)24-9-12-6-13(24)8-23(12)10-16(18)19/h2-5,7,12-13,16H,6,8-10H2,1H3/t12-,13-/m0/s1. The normalized spacial score (nSPS) is 23.4. The third-order valence-electron chi connectivity index (χ3n) is 4.77. The summed E-state index contributed by atoms with van der Waals surface area (Å²) < 4.78 is 25.3. The van der Waals surface area contributed by atoms with Crippen LogP contribution in [0.3, 0.4) is 0 Å². The van der Waals surface area contributed by atoms with E-state index in [9.17, 15) is 8.78 Å². The lowest BCUT2D eigenvalue weighted by molar-refractivity contribution is 0.0790. The summed E-state index contributed by atoms with van der Waals surface area (Å²) in [6.07, 6.45) is 0.399. The van der Waals surface area contributed by atoms with Gasteiger partial charge in [0, 0.05) is 37.4 Å². The Morgan fingerprint density at radius 2 is 2.04 bits per heavy atom. The van der Waals surface area contributed by atoms with Crippen molar-refractivity contribution in [2.75, 3.05) is 24.5 Å². The molecule has 2 aromatic rings. The molecule has 0 aromatic carbocycles. The fourth-order valence-corrected chi connectivity index (χ4v) is 3.78. The van der Waals surface area contributed by atoms with Crippen LogP contribution in [0.2, 0.25) is 0 Å². The molecule has 0 amide bonds. The van der Waals surface area contributed by atoms with Crippen molar-refractivity contribution in [2.45, 2.75) is 31.9 Å². The van der Waals surface area contributed by atoms with E-state index in [-0.39, 0.29) is 18.6 Å². The van der Waals surface area contributed by atoms with Gasteiger partial charge in [0.1, 0.15) is 11.6 Å². The summed E-state index contributed by atoms with van der Waals surface area (Å²) in [5.41, 5.74) is 1.61. The number of aryl methyl sites for hydroxylation is 1. The molecular formula is C17H19F2N5. The van der Waals surface area contributed by atoms with Gasteiger partial charge in [0.15, 0.2) is 0 Å². The van der Waals surface area contributed by atoms with Crippen molar-refractivity contribution in [3.05, 3.63) is 36.3 Å². The van der Waals surface area contributed by atoms with Crippen molar-refractivity contribution in [2.24, 2.45) is 0 Å². The maximum Gasteiger partial charge on any atom is 0.251 e. The minimum atomic E-state index is -2.27. The van der Waals surface area contributed by atoms with Crippen LogP contribution in [0.5, 0.6) is 0 Å². The number of pyridine rings is 1. The van der Waals surface area contributed by atoms with Gasteiger partial charge in [0.05, 0.1) is 17.9 Å². The number of alkyl halides is 2. The number of nitrogens with zero attached hydrogens (tertiary/aromatic N) is 5. The fourth-order valence-electron chi connectivity index (χ4n) is 3.78. The van der Waals surface area contributed by atoms with E-state index in [2.05, 4.69) is 19.9 Å². The lowest BCUT2D eigenvalue weighted by atomic mass is 10.2. The number of aromatic nitrogens is 3. The van der Waals surface area contributed by atoms with Crippen LogP contribution in [0.25, 0.3) is 11.4 Å². The summed E-state index contributed by atoms with van der Waals surface area (Å²) in [5, 5.41) is 0. The second-order valence-electron chi connectivity index (χ2n) is 6.41. The Hall–Kier alpha value is -2.15. The molecule has 0 radical (unpaired) electrons. The summed E-state index contributed by atoms with van der Waals surface area (Å²) in [6.45, 7) is 3.16. The van der Waals surface area contributed by atoms with Crippen LogP contribution in [-0.2, 0) is 0 Å². The van der Waals surface area contributed by atoms with Crippen LogP contribution in [0.15, 0.2) is 30.5 Å². The van der Waals surface area contributed by atoms with E-state index in [0.717, 1.165) is 30.2 Å². The van der Waals surface area contributed by atoms with Gasteiger partial charge < -0.3 is 4.90 Å². The first kappa shape index (κ1) is 15.4. The molecule has 2 bridgehead atoms. The van der Waals surface area contributed by atoms with Gasteiger partial charge in [0.25, 0.3) is 6.43 Å². The second kappa shape index (κ2) is 6.05. The maximum atomic E-state index is 12.6. The van der Waals surface area contributed by atoms with Crippen LogP contribution in [0.4, 0.5) is 14.6 Å². The highest BCUT2D eigenvalue weighted by Crippen LogP contribution is 2.34. The fraction of sp³-hybridized carbons (Fsp3) is 0.471. The first-order valence-electron chi connectivity index (χ1n) is 8.16. The van der Waals surface area contributed by atoms with Crippen molar-refractivity contribution in [3.63, 3.8) is 0 Å². The molecule has 126 valence electrons. The third-order valence-corrected chi connectivity index (χ3v) is 4.77. The maximum absolute atomic E-state index is 12.6. The Morgan fingerprint density at radius 3 is 2.71 bits per heavy atom. The zero-order valence-corrected chi connectivity index (χ0v) is 13.4. The number of hydrogen-bond donors (Lipinski definition) is 0. The smallest absolute Gasteiger partial charge is 0.251 e. The van der Waals surface area contributed by atoms with Crippen LogP contribution in [-0.4, -0.2) is 58.0 Å². The summed E-state index contributed by atoms with van der Waals surface area (Å²) >= 11 is 0. The van der Waals surface area contributed by atoms with Gasteiger partial charge in [-0.15, -0.1) is 0 Å². The van der Waals surface area contributed by atoms with Crippen LogP contribution in [0, 0.1) is 6.92 Å². The Labute approximate surface area is 139 Å². The molecule has 2 aliphatic heterocycles. The summed E-state index contributed by atoms with van der Waals surface area (Å²) in [5.74, 6) is 1.56. The molecule has 0 N–H and O–H groups in total. The molecule has 2 atom stereocenters. The van der Waals surface area contributed by atoms with Crippen molar-refractivity contribution in [3.8, 4) is 11.4 Å². The minimum absolute atomic E-state index is 0.128. The predicted octanol–water partition coefficient (Wildman–Crippen LogP) is 2.38. The third kappa shape index (κ3) is 2.84. The molecule has 0 spiro atoms. The Bertz CT molecular complexity index is 724. The van der Waals surface area contributed by atoms with E-state index < -0.39 is 6.43 Å². The van der Waals surface area contributed by atoms with Crippen molar-refractivity contribution in [1.29, 1.82) is 0 Å². The van der Waals surface area contributed by atoms with Gasteiger partial charge in [-0.3, -0.25) is 9.88 Å². The molecule has 7 heteroatoms. The number of piperazine rings is 1. The Morgan fingerprint density at radius 1 is 1.17 bits per heavy atom.